The van der Waals surface area contributed by atoms with Gasteiger partial charge in [0, 0.05) is 11.6 Å². The summed E-state index contributed by atoms with van der Waals surface area (Å²) in [6, 6.07) is 18.2. The Labute approximate surface area is 245 Å². The van der Waals surface area contributed by atoms with E-state index in [0.717, 1.165) is 50.5 Å². The van der Waals surface area contributed by atoms with Crippen LogP contribution in [0.4, 0.5) is 5.69 Å². The number of ether oxygens (including phenoxy) is 3. The number of carboxylic acid groups (broad SMARTS) is 1. The number of carbonyl (C=O) groups excluding carboxylic acids is 1. The third-order valence-electron chi connectivity index (χ3n) is 6.64. The Bertz CT molecular complexity index is 1350. The molecule has 0 unspecified atom stereocenters. The van der Waals surface area contributed by atoms with Gasteiger partial charge in [0.15, 0.2) is 0 Å². The van der Waals surface area contributed by atoms with Crippen molar-refractivity contribution in [3.8, 4) is 28.4 Å². The Hall–Kier alpha value is -4.66. The fraction of sp³-hybridized carbons (Fsp3) is 0.333. The molecule has 42 heavy (non-hydrogen) atoms. The molecular weight excluding hydrogens is 538 g/mol. The van der Waals surface area contributed by atoms with Gasteiger partial charge in [0.05, 0.1) is 23.7 Å². The third kappa shape index (κ3) is 10.1. The van der Waals surface area contributed by atoms with E-state index in [1.165, 1.54) is 12.1 Å². The van der Waals surface area contributed by atoms with Gasteiger partial charge in [0.25, 0.3) is 0 Å². The van der Waals surface area contributed by atoms with Gasteiger partial charge < -0.3 is 19.3 Å². The predicted molar refractivity (Wildman–Crippen MR) is 160 cm³/mol. The van der Waals surface area contributed by atoms with Crippen molar-refractivity contribution in [2.75, 3.05) is 13.2 Å². The van der Waals surface area contributed by atoms with Crippen LogP contribution in [-0.2, 0) is 4.79 Å². The highest BCUT2D eigenvalue weighted by atomic mass is 16.6. The van der Waals surface area contributed by atoms with Gasteiger partial charge in [-0.2, -0.15) is 0 Å². The minimum absolute atomic E-state index is 0.134. The number of carbonyl (C=O) groups is 2. The van der Waals surface area contributed by atoms with E-state index in [-0.39, 0.29) is 22.6 Å². The third-order valence-corrected chi connectivity index (χ3v) is 6.64. The van der Waals surface area contributed by atoms with E-state index in [4.69, 9.17) is 19.3 Å². The molecule has 3 aromatic carbocycles. The highest BCUT2D eigenvalue weighted by molar-refractivity contribution is 5.92. The average Bonchev–Trinajstić information content (AvgIpc) is 2.99. The maximum atomic E-state index is 12.7. The van der Waals surface area contributed by atoms with E-state index in [1.54, 1.807) is 42.5 Å². The van der Waals surface area contributed by atoms with Crippen LogP contribution in [0.5, 0.6) is 17.2 Å². The average molecular weight is 576 g/mol. The van der Waals surface area contributed by atoms with Crippen molar-refractivity contribution in [3.63, 3.8) is 0 Å². The smallest absolute Gasteiger partial charge is 0.343 e. The number of unbranched alkanes of at least 4 members (excludes halogenated alkanes) is 6. The quantitative estimate of drug-likeness (QED) is 0.0404. The summed E-state index contributed by atoms with van der Waals surface area (Å²) in [6.45, 7) is 6.52. The fourth-order valence-corrected chi connectivity index (χ4v) is 4.30. The van der Waals surface area contributed by atoms with E-state index >= 15 is 0 Å². The predicted octanol–water partition coefficient (Wildman–Crippen LogP) is 8.02. The van der Waals surface area contributed by atoms with Crippen molar-refractivity contribution >= 4 is 17.6 Å². The Kier molecular flexibility index (Phi) is 12.6. The number of nitro benzene ring substituents is 1. The van der Waals surface area contributed by atoms with Gasteiger partial charge in [-0.15, -0.1) is 0 Å². The molecule has 0 aromatic heterocycles. The fourth-order valence-electron chi connectivity index (χ4n) is 4.30. The summed E-state index contributed by atoms with van der Waals surface area (Å²) in [5, 5.41) is 20.5. The zero-order valence-corrected chi connectivity index (χ0v) is 23.9. The number of rotatable bonds is 18. The number of hydrogen-bond acceptors (Lipinski definition) is 7. The van der Waals surface area contributed by atoms with Gasteiger partial charge in [-0.3, -0.25) is 10.1 Å². The van der Waals surface area contributed by atoms with E-state index in [9.17, 15) is 19.7 Å². The number of esters is 1. The van der Waals surface area contributed by atoms with Crippen molar-refractivity contribution < 1.29 is 33.8 Å². The van der Waals surface area contributed by atoms with Crippen LogP contribution in [0.1, 0.15) is 68.6 Å². The molecule has 0 aliphatic heterocycles. The molecule has 0 spiro atoms. The van der Waals surface area contributed by atoms with Gasteiger partial charge in [0.1, 0.15) is 11.5 Å². The lowest BCUT2D eigenvalue weighted by atomic mass is 10.0. The molecule has 0 radical (unpaired) electrons. The number of carboxylic acids is 1. The summed E-state index contributed by atoms with van der Waals surface area (Å²) >= 11 is 0. The zero-order valence-electron chi connectivity index (χ0n) is 23.9. The lowest BCUT2D eigenvalue weighted by molar-refractivity contribution is -0.385. The Balaban J connectivity index is 1.43. The van der Waals surface area contributed by atoms with Crippen molar-refractivity contribution in [2.24, 2.45) is 0 Å². The van der Waals surface area contributed by atoms with Crippen LogP contribution in [-0.4, -0.2) is 35.2 Å². The summed E-state index contributed by atoms with van der Waals surface area (Å²) < 4.78 is 16.6. The molecule has 9 nitrogen and oxygen atoms in total. The minimum atomic E-state index is -0.918. The molecule has 0 saturated heterocycles. The number of hydrogen-bond donors (Lipinski definition) is 1. The molecule has 0 fully saturated rings. The summed E-state index contributed by atoms with van der Waals surface area (Å²) in [5.74, 6) is -0.425. The number of benzene rings is 3. The molecule has 0 aliphatic carbocycles. The molecule has 0 atom stereocenters. The van der Waals surface area contributed by atoms with Crippen molar-refractivity contribution in [1.29, 1.82) is 0 Å². The van der Waals surface area contributed by atoms with Crippen molar-refractivity contribution in [2.45, 2.75) is 58.3 Å². The van der Waals surface area contributed by atoms with Gasteiger partial charge in [-0.1, -0.05) is 56.9 Å². The standard InChI is InChI=1S/C33H37NO8/c1-3-40-28-17-12-25(13-18-28)27-16-21-31(30(23-27)34(38)39)42-33(37)26-14-19-29(20-15-26)41-22-10-8-6-4-5-7-9-11-24(2)32(35)36/h12-21,23H,2-11,22H2,1H3,(H,35,36). The number of nitrogens with zero attached hydrogens (tertiary/aromatic N) is 1. The maximum Gasteiger partial charge on any atom is 0.343 e. The summed E-state index contributed by atoms with van der Waals surface area (Å²) in [7, 11) is 0. The summed E-state index contributed by atoms with van der Waals surface area (Å²) in [5.41, 5.74) is 1.60. The second-order valence-corrected chi connectivity index (χ2v) is 9.79. The normalized spacial score (nSPS) is 10.6. The molecule has 0 amide bonds. The van der Waals surface area contributed by atoms with Gasteiger partial charge in [0.2, 0.25) is 5.75 Å². The largest absolute Gasteiger partial charge is 0.494 e. The zero-order chi connectivity index (χ0) is 30.3. The summed E-state index contributed by atoms with van der Waals surface area (Å²) in [4.78, 5) is 34.6. The first-order valence-corrected chi connectivity index (χ1v) is 14.2. The first-order chi connectivity index (χ1) is 20.3. The minimum Gasteiger partial charge on any atom is -0.494 e. The Morgan fingerprint density at radius 3 is 2.00 bits per heavy atom. The second-order valence-electron chi connectivity index (χ2n) is 9.79. The van der Waals surface area contributed by atoms with Crippen LogP contribution in [0, 0.1) is 10.1 Å². The number of aliphatic carboxylic acids is 1. The van der Waals surface area contributed by atoms with E-state index in [1.807, 2.05) is 19.1 Å². The second kappa shape index (κ2) is 16.6. The van der Waals surface area contributed by atoms with Crippen LogP contribution < -0.4 is 14.2 Å². The Morgan fingerprint density at radius 2 is 1.38 bits per heavy atom. The van der Waals surface area contributed by atoms with Gasteiger partial charge in [-0.05, 0) is 79.8 Å². The highest BCUT2D eigenvalue weighted by Crippen LogP contribution is 2.33. The first-order valence-electron chi connectivity index (χ1n) is 14.2. The van der Waals surface area contributed by atoms with Crippen LogP contribution in [0.25, 0.3) is 11.1 Å². The molecular formula is C33H37NO8. The Morgan fingerprint density at radius 1 is 0.810 bits per heavy atom. The molecule has 0 bridgehead atoms. The number of nitro groups is 1. The van der Waals surface area contributed by atoms with Crippen LogP contribution in [0.15, 0.2) is 78.9 Å². The molecule has 3 rings (SSSR count). The van der Waals surface area contributed by atoms with Crippen LogP contribution in [0.2, 0.25) is 0 Å². The van der Waals surface area contributed by atoms with E-state index in [2.05, 4.69) is 6.58 Å². The maximum absolute atomic E-state index is 12.7. The molecule has 222 valence electrons. The molecule has 3 aromatic rings. The first kappa shape index (κ1) is 31.9. The van der Waals surface area contributed by atoms with E-state index < -0.39 is 16.9 Å². The molecule has 0 saturated carbocycles. The van der Waals surface area contributed by atoms with Crippen molar-refractivity contribution in [3.05, 3.63) is 94.6 Å². The SMILES string of the molecule is C=C(CCCCCCCCCOc1ccc(C(=O)Oc2ccc(-c3ccc(OCC)cc3)cc2[N+](=O)[O-])cc1)C(=O)O. The summed E-state index contributed by atoms with van der Waals surface area (Å²) in [6.07, 6.45) is 7.57. The molecule has 9 heteroatoms. The van der Waals surface area contributed by atoms with Crippen LogP contribution >= 0.6 is 0 Å². The lowest BCUT2D eigenvalue weighted by Gasteiger charge is -2.09. The topological polar surface area (TPSA) is 125 Å². The highest BCUT2D eigenvalue weighted by Gasteiger charge is 2.20. The molecule has 0 heterocycles. The molecule has 0 aliphatic rings. The van der Waals surface area contributed by atoms with E-state index in [0.29, 0.717) is 36.7 Å². The van der Waals surface area contributed by atoms with Crippen LogP contribution in [0.3, 0.4) is 0 Å². The lowest BCUT2D eigenvalue weighted by Crippen LogP contribution is -2.10. The van der Waals surface area contributed by atoms with Gasteiger partial charge >= 0.3 is 17.6 Å². The molecule has 1 N–H and O–H groups in total. The van der Waals surface area contributed by atoms with Crippen molar-refractivity contribution in [1.82, 2.24) is 0 Å². The van der Waals surface area contributed by atoms with Gasteiger partial charge in [-0.25, -0.2) is 9.59 Å². The monoisotopic (exact) mass is 575 g/mol.